The van der Waals surface area contributed by atoms with Gasteiger partial charge in [-0.05, 0) is 50.2 Å². The highest BCUT2D eigenvalue weighted by atomic mass is 16.5. The van der Waals surface area contributed by atoms with Gasteiger partial charge in [0.1, 0.15) is 6.10 Å². The van der Waals surface area contributed by atoms with Crippen molar-refractivity contribution in [3.63, 3.8) is 0 Å². The maximum Gasteiger partial charge on any atom is 0.213 e. The molecule has 2 aliphatic rings. The largest absolute Gasteiger partial charge is 0.474 e. The van der Waals surface area contributed by atoms with Gasteiger partial charge < -0.3 is 15.4 Å². The summed E-state index contributed by atoms with van der Waals surface area (Å²) in [4.78, 5) is 8.75. The lowest BCUT2D eigenvalue weighted by Gasteiger charge is -2.26. The second-order valence-corrected chi connectivity index (χ2v) is 6.59. The first kappa shape index (κ1) is 15.1. The topological polar surface area (TPSA) is 58.5 Å². The molecule has 2 heterocycles. The summed E-state index contributed by atoms with van der Waals surface area (Å²) in [5, 5.41) is 6.62. The number of aromatic nitrogens is 1. The number of pyridine rings is 1. The molecule has 1 aliphatic carbocycles. The van der Waals surface area contributed by atoms with Crippen LogP contribution in [0.25, 0.3) is 0 Å². The van der Waals surface area contributed by atoms with E-state index in [1.807, 2.05) is 18.3 Å². The van der Waals surface area contributed by atoms with Gasteiger partial charge in [0, 0.05) is 24.8 Å². The fourth-order valence-corrected chi connectivity index (χ4v) is 2.99. The molecule has 1 saturated carbocycles. The van der Waals surface area contributed by atoms with Crippen LogP contribution in [0.3, 0.4) is 0 Å². The third-order valence-electron chi connectivity index (χ3n) is 4.42. The monoisotopic (exact) mass is 302 g/mol. The van der Waals surface area contributed by atoms with Gasteiger partial charge >= 0.3 is 0 Å². The zero-order valence-corrected chi connectivity index (χ0v) is 13.5. The molecule has 0 amide bonds. The van der Waals surface area contributed by atoms with Gasteiger partial charge in [-0.2, -0.15) is 0 Å². The molecule has 2 N–H and O–H groups in total. The Balaban J connectivity index is 1.51. The third-order valence-corrected chi connectivity index (χ3v) is 4.42. The Morgan fingerprint density at radius 3 is 2.82 bits per heavy atom. The van der Waals surface area contributed by atoms with E-state index in [0.717, 1.165) is 43.7 Å². The minimum absolute atomic E-state index is 0.327. The Labute approximate surface area is 132 Å². The zero-order valence-electron chi connectivity index (χ0n) is 13.5. The summed E-state index contributed by atoms with van der Waals surface area (Å²) < 4.78 is 6.05. The molecule has 0 saturated heterocycles. The highest BCUT2D eigenvalue weighted by Crippen LogP contribution is 2.26. The molecule has 1 aromatic rings. The SMILES string of the molecule is CC1CCC(Oc2cc(CNC3=NCC(C)N3)ccn2)CC1. The maximum atomic E-state index is 6.05. The molecule has 1 atom stereocenters. The molecule has 0 radical (unpaired) electrons. The molecular formula is C17H26N4O. The molecule has 3 rings (SSSR count). The molecule has 120 valence electrons. The summed E-state index contributed by atoms with van der Waals surface area (Å²) in [5.74, 6) is 2.46. The van der Waals surface area contributed by atoms with Crippen LogP contribution in [0.2, 0.25) is 0 Å². The van der Waals surface area contributed by atoms with Crippen molar-refractivity contribution < 1.29 is 4.74 Å². The van der Waals surface area contributed by atoms with Crippen LogP contribution in [0.4, 0.5) is 0 Å². The van der Waals surface area contributed by atoms with Crippen molar-refractivity contribution in [3.8, 4) is 5.88 Å². The number of hydrogen-bond donors (Lipinski definition) is 2. The van der Waals surface area contributed by atoms with Gasteiger partial charge in [-0.1, -0.05) is 6.92 Å². The highest BCUT2D eigenvalue weighted by Gasteiger charge is 2.20. The summed E-state index contributed by atoms with van der Waals surface area (Å²) in [6, 6.07) is 4.47. The maximum absolute atomic E-state index is 6.05. The first-order chi connectivity index (χ1) is 10.7. The van der Waals surface area contributed by atoms with E-state index in [9.17, 15) is 0 Å². The van der Waals surface area contributed by atoms with E-state index in [-0.39, 0.29) is 0 Å². The molecule has 1 unspecified atom stereocenters. The van der Waals surface area contributed by atoms with Crippen molar-refractivity contribution in [1.82, 2.24) is 15.6 Å². The number of nitrogens with one attached hydrogen (secondary N) is 2. The number of nitrogens with zero attached hydrogens (tertiary/aromatic N) is 2. The predicted molar refractivity (Wildman–Crippen MR) is 88.0 cm³/mol. The first-order valence-electron chi connectivity index (χ1n) is 8.35. The Morgan fingerprint density at radius 2 is 2.09 bits per heavy atom. The highest BCUT2D eigenvalue weighted by molar-refractivity contribution is 5.81. The lowest BCUT2D eigenvalue weighted by atomic mass is 9.89. The third kappa shape index (κ3) is 4.12. The van der Waals surface area contributed by atoms with Crippen LogP contribution >= 0.6 is 0 Å². The van der Waals surface area contributed by atoms with E-state index >= 15 is 0 Å². The van der Waals surface area contributed by atoms with Crippen molar-refractivity contribution in [1.29, 1.82) is 0 Å². The second-order valence-electron chi connectivity index (χ2n) is 6.59. The summed E-state index contributed by atoms with van der Waals surface area (Å²) in [7, 11) is 0. The van der Waals surface area contributed by atoms with Crippen molar-refractivity contribution >= 4 is 5.96 Å². The normalized spacial score (nSPS) is 27.9. The van der Waals surface area contributed by atoms with Crippen LogP contribution < -0.4 is 15.4 Å². The molecular weight excluding hydrogens is 276 g/mol. The van der Waals surface area contributed by atoms with Gasteiger partial charge in [0.25, 0.3) is 0 Å². The number of rotatable bonds is 4. The summed E-state index contributed by atoms with van der Waals surface area (Å²) in [6.07, 6.45) is 6.96. The minimum Gasteiger partial charge on any atom is -0.474 e. The van der Waals surface area contributed by atoms with Crippen LogP contribution in [-0.2, 0) is 6.54 Å². The fourth-order valence-electron chi connectivity index (χ4n) is 2.99. The smallest absolute Gasteiger partial charge is 0.213 e. The van der Waals surface area contributed by atoms with E-state index < -0.39 is 0 Å². The lowest BCUT2D eigenvalue weighted by molar-refractivity contribution is 0.130. The summed E-state index contributed by atoms with van der Waals surface area (Å²) in [5.41, 5.74) is 1.17. The number of aliphatic imine (C=N–C) groups is 1. The lowest BCUT2D eigenvalue weighted by Crippen LogP contribution is -2.37. The van der Waals surface area contributed by atoms with Gasteiger partial charge in [0.2, 0.25) is 5.88 Å². The van der Waals surface area contributed by atoms with Crippen LogP contribution in [-0.4, -0.2) is 29.6 Å². The van der Waals surface area contributed by atoms with E-state index in [1.165, 1.54) is 18.4 Å². The van der Waals surface area contributed by atoms with Crippen LogP contribution in [0, 0.1) is 5.92 Å². The molecule has 5 nitrogen and oxygen atoms in total. The summed E-state index contributed by atoms with van der Waals surface area (Å²) >= 11 is 0. The molecule has 1 fully saturated rings. The van der Waals surface area contributed by atoms with Gasteiger partial charge in [-0.25, -0.2) is 4.98 Å². The van der Waals surface area contributed by atoms with Crippen LogP contribution in [0.15, 0.2) is 23.3 Å². The van der Waals surface area contributed by atoms with Crippen molar-refractivity contribution in [2.24, 2.45) is 10.9 Å². The Morgan fingerprint density at radius 1 is 1.27 bits per heavy atom. The van der Waals surface area contributed by atoms with Gasteiger partial charge in [-0.3, -0.25) is 4.99 Å². The second kappa shape index (κ2) is 6.99. The predicted octanol–water partition coefficient (Wildman–Crippen LogP) is 2.48. The molecule has 22 heavy (non-hydrogen) atoms. The van der Waals surface area contributed by atoms with Crippen LogP contribution in [0.1, 0.15) is 45.1 Å². The van der Waals surface area contributed by atoms with Crippen molar-refractivity contribution in [3.05, 3.63) is 23.9 Å². The zero-order chi connectivity index (χ0) is 15.4. The summed E-state index contributed by atoms with van der Waals surface area (Å²) in [6.45, 7) is 6.02. The first-order valence-corrected chi connectivity index (χ1v) is 8.35. The van der Waals surface area contributed by atoms with Crippen LogP contribution in [0.5, 0.6) is 5.88 Å². The average Bonchev–Trinajstić information content (AvgIpc) is 2.94. The average molecular weight is 302 g/mol. The van der Waals surface area contributed by atoms with E-state index in [4.69, 9.17) is 4.74 Å². The van der Waals surface area contributed by atoms with Gasteiger partial charge in [0.05, 0.1) is 6.54 Å². The Hall–Kier alpha value is -1.78. The molecule has 0 aromatic carbocycles. The van der Waals surface area contributed by atoms with Crippen molar-refractivity contribution in [2.75, 3.05) is 6.54 Å². The Kier molecular flexibility index (Phi) is 4.80. The van der Waals surface area contributed by atoms with E-state index in [1.54, 1.807) is 0 Å². The number of hydrogen-bond acceptors (Lipinski definition) is 5. The van der Waals surface area contributed by atoms with Gasteiger partial charge in [0.15, 0.2) is 5.96 Å². The minimum atomic E-state index is 0.327. The number of guanidine groups is 1. The van der Waals surface area contributed by atoms with E-state index in [0.29, 0.717) is 12.1 Å². The van der Waals surface area contributed by atoms with Crippen molar-refractivity contribution in [2.45, 2.75) is 58.2 Å². The van der Waals surface area contributed by atoms with Gasteiger partial charge in [-0.15, -0.1) is 0 Å². The molecule has 5 heteroatoms. The molecule has 1 aromatic heterocycles. The Bertz CT molecular complexity index is 523. The quantitative estimate of drug-likeness (QED) is 0.897. The fraction of sp³-hybridized carbons (Fsp3) is 0.647. The molecule has 0 spiro atoms. The standard InChI is InChI=1S/C17H26N4O/c1-12-3-5-15(6-4-12)22-16-9-14(7-8-18-16)11-20-17-19-10-13(2)21-17/h7-9,12-13,15H,3-6,10-11H2,1-2H3,(H2,19,20,21). The molecule has 0 bridgehead atoms. The van der Waals surface area contributed by atoms with E-state index in [2.05, 4.69) is 34.5 Å². The number of ether oxygens (including phenoxy) is 1. The molecule has 1 aliphatic heterocycles.